The van der Waals surface area contributed by atoms with Crippen LogP contribution in [0, 0.1) is 12.8 Å². The average molecular weight is 423 g/mol. The van der Waals surface area contributed by atoms with Crippen LogP contribution in [-0.4, -0.2) is 52.4 Å². The van der Waals surface area contributed by atoms with E-state index in [9.17, 15) is 4.79 Å². The van der Waals surface area contributed by atoms with Gasteiger partial charge in [0.25, 0.3) is 0 Å². The molecule has 7 heteroatoms. The fourth-order valence-corrected chi connectivity index (χ4v) is 4.38. The number of nitrogens with zero attached hydrogens (tertiary/aromatic N) is 4. The molecule has 4 rings (SSSR count). The summed E-state index contributed by atoms with van der Waals surface area (Å²) in [5.74, 6) is 1.82. The van der Waals surface area contributed by atoms with E-state index in [2.05, 4.69) is 27.2 Å². The lowest BCUT2D eigenvalue weighted by Crippen LogP contribution is -2.53. The van der Waals surface area contributed by atoms with Crippen LogP contribution >= 0.6 is 0 Å². The van der Waals surface area contributed by atoms with Crippen LogP contribution in [0.4, 0.5) is 0 Å². The van der Waals surface area contributed by atoms with Crippen molar-refractivity contribution < 1.29 is 14.4 Å². The largest absolute Gasteiger partial charge is 0.495 e. The van der Waals surface area contributed by atoms with Gasteiger partial charge in [0.1, 0.15) is 18.1 Å². The predicted octanol–water partition coefficient (Wildman–Crippen LogP) is 4.00. The second-order valence-electron chi connectivity index (χ2n) is 8.21. The minimum atomic E-state index is -0.0761. The van der Waals surface area contributed by atoms with Gasteiger partial charge in [0.15, 0.2) is 5.84 Å². The molecule has 2 aromatic rings. The van der Waals surface area contributed by atoms with E-state index < -0.39 is 0 Å². The second-order valence-corrected chi connectivity index (χ2v) is 8.21. The molecule has 0 radical (unpaired) electrons. The number of aryl methyl sites for hydroxylation is 1. The molecule has 7 nitrogen and oxygen atoms in total. The molecule has 0 saturated carbocycles. The molecule has 0 aliphatic carbocycles. The molecular formula is C24H30N4O3. The number of imidazole rings is 1. The molecule has 0 bridgehead atoms. The normalized spacial score (nSPS) is 20.6. The molecule has 1 saturated heterocycles. The molecule has 1 aromatic carbocycles. The zero-order chi connectivity index (χ0) is 22.0. The SMILES string of the molecule is CCC(=O)C(C)[C@H]1CON=C2/C(=C/c3ccc(-n4cnc(C)c4)c(OC)c3)CCCN21. The van der Waals surface area contributed by atoms with Crippen molar-refractivity contribution in [2.75, 3.05) is 20.3 Å². The predicted molar refractivity (Wildman–Crippen MR) is 120 cm³/mol. The molecule has 1 unspecified atom stereocenters. The highest BCUT2D eigenvalue weighted by atomic mass is 16.6. The fraction of sp³-hybridized carbons (Fsp3) is 0.458. The monoisotopic (exact) mass is 422 g/mol. The van der Waals surface area contributed by atoms with Gasteiger partial charge in [-0.15, -0.1) is 0 Å². The first-order chi connectivity index (χ1) is 15.0. The van der Waals surface area contributed by atoms with Crippen LogP contribution in [0.3, 0.4) is 0 Å². The molecule has 1 aromatic heterocycles. The Morgan fingerprint density at radius 3 is 2.97 bits per heavy atom. The number of benzene rings is 1. The van der Waals surface area contributed by atoms with E-state index in [-0.39, 0.29) is 17.7 Å². The van der Waals surface area contributed by atoms with Crippen LogP contribution in [0.15, 0.2) is 41.5 Å². The van der Waals surface area contributed by atoms with Crippen molar-refractivity contribution in [1.82, 2.24) is 14.5 Å². The first-order valence-electron chi connectivity index (χ1n) is 10.9. The van der Waals surface area contributed by atoms with Crippen LogP contribution in [0.2, 0.25) is 0 Å². The Morgan fingerprint density at radius 1 is 1.42 bits per heavy atom. The van der Waals surface area contributed by atoms with Crippen molar-refractivity contribution in [3.8, 4) is 11.4 Å². The number of Topliss-reactive ketones (excluding diaryl/α,β-unsaturated/α-hetero) is 1. The van der Waals surface area contributed by atoms with Gasteiger partial charge in [-0.2, -0.15) is 0 Å². The molecule has 164 valence electrons. The van der Waals surface area contributed by atoms with Crippen molar-refractivity contribution >= 4 is 17.7 Å². The molecule has 3 heterocycles. The standard InChI is InChI=1S/C24H30N4O3/c1-5-22(29)17(3)21-14-31-26-24-19(7-6-10-28(21)24)11-18-8-9-20(23(12-18)30-4)27-13-16(2)25-15-27/h8-9,11-13,15,17,21H,5-7,10,14H2,1-4H3/b19-11+/t17?,21-/m1/s1. The Morgan fingerprint density at radius 2 is 2.26 bits per heavy atom. The zero-order valence-corrected chi connectivity index (χ0v) is 18.7. The highest BCUT2D eigenvalue weighted by Crippen LogP contribution is 2.31. The van der Waals surface area contributed by atoms with Gasteiger partial charge in [-0.1, -0.05) is 25.1 Å². The molecule has 2 aliphatic rings. The summed E-state index contributed by atoms with van der Waals surface area (Å²) < 4.78 is 7.61. The minimum Gasteiger partial charge on any atom is -0.495 e. The Labute approximate surface area is 183 Å². The quantitative estimate of drug-likeness (QED) is 0.704. The van der Waals surface area contributed by atoms with E-state index in [0.717, 1.165) is 53.5 Å². The van der Waals surface area contributed by atoms with E-state index >= 15 is 0 Å². The third kappa shape index (κ3) is 4.22. The topological polar surface area (TPSA) is 68.9 Å². The number of ketones is 1. The number of carbonyl (C=O) groups is 1. The van der Waals surface area contributed by atoms with Crippen LogP contribution in [0.25, 0.3) is 11.8 Å². The maximum atomic E-state index is 12.3. The van der Waals surface area contributed by atoms with Gasteiger partial charge in [-0.25, -0.2) is 4.98 Å². The Balaban J connectivity index is 1.62. The summed E-state index contributed by atoms with van der Waals surface area (Å²) in [6, 6.07) is 6.17. The third-order valence-corrected chi connectivity index (χ3v) is 6.17. The average Bonchev–Trinajstić information content (AvgIpc) is 3.23. The number of methoxy groups -OCH3 is 1. The van der Waals surface area contributed by atoms with E-state index in [0.29, 0.717) is 13.0 Å². The maximum absolute atomic E-state index is 12.3. The summed E-state index contributed by atoms with van der Waals surface area (Å²) in [5, 5.41) is 4.38. The number of aromatic nitrogens is 2. The smallest absolute Gasteiger partial charge is 0.171 e. The van der Waals surface area contributed by atoms with Gasteiger partial charge in [-0.05, 0) is 49.1 Å². The number of amidine groups is 1. The molecule has 0 N–H and O–H groups in total. The summed E-state index contributed by atoms with van der Waals surface area (Å²) in [4.78, 5) is 24.5. The van der Waals surface area contributed by atoms with Gasteiger partial charge in [-0.3, -0.25) is 4.79 Å². The Hall–Kier alpha value is -3.09. The van der Waals surface area contributed by atoms with E-state index in [1.54, 1.807) is 13.4 Å². The van der Waals surface area contributed by atoms with Crippen molar-refractivity contribution in [2.24, 2.45) is 11.1 Å². The Bertz CT molecular complexity index is 1020. The summed E-state index contributed by atoms with van der Waals surface area (Å²) in [5.41, 5.74) is 4.06. The highest BCUT2D eigenvalue weighted by Gasteiger charge is 2.37. The molecule has 0 amide bonds. The second kappa shape index (κ2) is 8.96. The molecule has 1 fully saturated rings. The number of hydrogen-bond donors (Lipinski definition) is 0. The number of piperidine rings is 1. The first-order valence-corrected chi connectivity index (χ1v) is 10.9. The van der Waals surface area contributed by atoms with Crippen LogP contribution in [0.1, 0.15) is 44.4 Å². The van der Waals surface area contributed by atoms with Gasteiger partial charge in [0.05, 0.1) is 30.9 Å². The summed E-state index contributed by atoms with van der Waals surface area (Å²) in [6.45, 7) is 7.24. The van der Waals surface area contributed by atoms with E-state index in [4.69, 9.17) is 9.57 Å². The lowest BCUT2D eigenvalue weighted by Gasteiger charge is -2.42. The number of oxime groups is 1. The third-order valence-electron chi connectivity index (χ3n) is 6.17. The van der Waals surface area contributed by atoms with Gasteiger partial charge >= 0.3 is 0 Å². The number of fused-ring (bicyclic) bond motifs is 1. The van der Waals surface area contributed by atoms with E-state index in [1.807, 2.05) is 43.7 Å². The Kier molecular flexibility index (Phi) is 6.11. The van der Waals surface area contributed by atoms with Crippen molar-refractivity contribution in [3.05, 3.63) is 47.6 Å². The fourth-order valence-electron chi connectivity index (χ4n) is 4.38. The molecule has 2 aliphatic heterocycles. The number of rotatable bonds is 6. The lowest BCUT2D eigenvalue weighted by molar-refractivity contribution is -0.125. The maximum Gasteiger partial charge on any atom is 0.171 e. The van der Waals surface area contributed by atoms with Gasteiger partial charge in [0, 0.05) is 25.1 Å². The lowest BCUT2D eigenvalue weighted by atomic mass is 9.91. The van der Waals surface area contributed by atoms with Gasteiger partial charge in [0.2, 0.25) is 0 Å². The molecule has 2 atom stereocenters. The summed E-state index contributed by atoms with van der Waals surface area (Å²) >= 11 is 0. The molecular weight excluding hydrogens is 392 g/mol. The number of hydrogen-bond acceptors (Lipinski definition) is 6. The van der Waals surface area contributed by atoms with Gasteiger partial charge < -0.3 is 19.0 Å². The van der Waals surface area contributed by atoms with Crippen LogP contribution in [0.5, 0.6) is 5.75 Å². The van der Waals surface area contributed by atoms with Crippen molar-refractivity contribution in [3.63, 3.8) is 0 Å². The minimum absolute atomic E-state index is 0.0324. The van der Waals surface area contributed by atoms with Crippen LogP contribution < -0.4 is 4.74 Å². The zero-order valence-electron chi connectivity index (χ0n) is 18.7. The van der Waals surface area contributed by atoms with Crippen molar-refractivity contribution in [1.29, 1.82) is 0 Å². The molecule has 31 heavy (non-hydrogen) atoms. The van der Waals surface area contributed by atoms with Crippen LogP contribution in [-0.2, 0) is 9.63 Å². The summed E-state index contributed by atoms with van der Waals surface area (Å²) in [6.07, 6.45) is 8.40. The van der Waals surface area contributed by atoms with E-state index in [1.165, 1.54) is 0 Å². The molecule has 0 spiro atoms. The number of carbonyl (C=O) groups excluding carboxylic acids is 1. The first kappa shape index (κ1) is 21.2. The summed E-state index contributed by atoms with van der Waals surface area (Å²) in [7, 11) is 1.68. The highest BCUT2D eigenvalue weighted by molar-refractivity contribution is 6.03. The van der Waals surface area contributed by atoms with Crippen molar-refractivity contribution in [2.45, 2.75) is 46.1 Å². The number of ether oxygens (including phenoxy) is 1.